The summed E-state index contributed by atoms with van der Waals surface area (Å²) in [5.74, 6) is -1.52. The van der Waals surface area contributed by atoms with Gasteiger partial charge >= 0.3 is 0 Å². The van der Waals surface area contributed by atoms with Crippen molar-refractivity contribution in [1.29, 1.82) is 0 Å². The van der Waals surface area contributed by atoms with Crippen LogP contribution in [-0.2, 0) is 4.74 Å². The van der Waals surface area contributed by atoms with Crippen molar-refractivity contribution in [3.05, 3.63) is 0 Å². The zero-order chi connectivity index (χ0) is 8.65. The molecule has 11 heavy (non-hydrogen) atoms. The average molecular weight is 162 g/mol. The molecule has 1 rings (SSSR count). The Morgan fingerprint density at radius 3 is 2.45 bits per heavy atom. The van der Waals surface area contributed by atoms with Crippen LogP contribution >= 0.6 is 0 Å². The SMILES string of the molecule is C[C@H]1O[C@](C)(O)C(O)C[C@H]1O. The van der Waals surface area contributed by atoms with E-state index in [1.54, 1.807) is 6.92 Å². The number of aliphatic hydroxyl groups is 3. The van der Waals surface area contributed by atoms with Crippen LogP contribution < -0.4 is 0 Å². The first-order valence-corrected chi connectivity index (χ1v) is 3.70. The van der Waals surface area contributed by atoms with Crippen molar-refractivity contribution in [2.75, 3.05) is 0 Å². The van der Waals surface area contributed by atoms with Gasteiger partial charge in [0, 0.05) is 6.42 Å². The van der Waals surface area contributed by atoms with Gasteiger partial charge in [0.05, 0.1) is 12.2 Å². The Morgan fingerprint density at radius 1 is 1.45 bits per heavy atom. The third kappa shape index (κ3) is 1.70. The van der Waals surface area contributed by atoms with Crippen LogP contribution in [-0.4, -0.2) is 39.4 Å². The predicted octanol–water partition coefficient (Wildman–Crippen LogP) is -0.775. The summed E-state index contributed by atoms with van der Waals surface area (Å²) in [7, 11) is 0. The second-order valence-electron chi connectivity index (χ2n) is 3.20. The summed E-state index contributed by atoms with van der Waals surface area (Å²) in [5, 5.41) is 27.7. The molecule has 1 aliphatic heterocycles. The largest absolute Gasteiger partial charge is 0.390 e. The standard InChI is InChI=1S/C7H14O4/c1-4-5(8)3-6(9)7(2,10)11-4/h4-6,8-10H,3H2,1-2H3/t4-,5-,6?,7+/m1/s1. The highest BCUT2D eigenvalue weighted by Crippen LogP contribution is 2.26. The van der Waals surface area contributed by atoms with E-state index in [4.69, 9.17) is 4.74 Å². The van der Waals surface area contributed by atoms with Gasteiger partial charge in [0.1, 0.15) is 6.10 Å². The van der Waals surface area contributed by atoms with Crippen LogP contribution in [0, 0.1) is 0 Å². The van der Waals surface area contributed by atoms with Crippen molar-refractivity contribution in [2.24, 2.45) is 0 Å². The van der Waals surface area contributed by atoms with Crippen molar-refractivity contribution >= 4 is 0 Å². The molecule has 0 aromatic rings. The minimum absolute atomic E-state index is 0.161. The van der Waals surface area contributed by atoms with Crippen LogP contribution in [0.5, 0.6) is 0 Å². The fraction of sp³-hybridized carbons (Fsp3) is 1.00. The van der Waals surface area contributed by atoms with Gasteiger partial charge in [0.2, 0.25) is 0 Å². The molecule has 1 heterocycles. The van der Waals surface area contributed by atoms with Gasteiger partial charge in [-0.15, -0.1) is 0 Å². The first kappa shape index (κ1) is 8.93. The molecule has 1 aliphatic rings. The number of aliphatic hydroxyl groups excluding tert-OH is 2. The van der Waals surface area contributed by atoms with Crippen LogP contribution in [0.15, 0.2) is 0 Å². The average Bonchev–Trinajstić information content (AvgIpc) is 1.83. The first-order valence-electron chi connectivity index (χ1n) is 3.70. The van der Waals surface area contributed by atoms with Crippen LogP contribution in [0.25, 0.3) is 0 Å². The smallest absolute Gasteiger partial charge is 0.189 e. The zero-order valence-corrected chi connectivity index (χ0v) is 6.69. The van der Waals surface area contributed by atoms with Gasteiger partial charge in [-0.05, 0) is 13.8 Å². The maximum absolute atomic E-state index is 9.35. The quantitative estimate of drug-likeness (QED) is 0.437. The summed E-state index contributed by atoms with van der Waals surface area (Å²) >= 11 is 0. The molecule has 1 unspecified atom stereocenters. The van der Waals surface area contributed by atoms with Gasteiger partial charge in [-0.2, -0.15) is 0 Å². The fourth-order valence-electron chi connectivity index (χ4n) is 1.17. The summed E-state index contributed by atoms with van der Waals surface area (Å²) in [6, 6.07) is 0. The second-order valence-corrected chi connectivity index (χ2v) is 3.20. The monoisotopic (exact) mass is 162 g/mol. The normalized spacial score (nSPS) is 52.6. The van der Waals surface area contributed by atoms with Crippen LogP contribution in [0.3, 0.4) is 0 Å². The number of rotatable bonds is 0. The molecule has 0 bridgehead atoms. The lowest BCUT2D eigenvalue weighted by atomic mass is 9.97. The summed E-state index contributed by atoms with van der Waals surface area (Å²) in [4.78, 5) is 0. The lowest BCUT2D eigenvalue weighted by molar-refractivity contribution is -0.306. The van der Waals surface area contributed by atoms with E-state index in [2.05, 4.69) is 0 Å². The number of ether oxygens (including phenoxy) is 1. The van der Waals surface area contributed by atoms with Crippen molar-refractivity contribution in [3.63, 3.8) is 0 Å². The molecule has 0 aromatic carbocycles. The molecule has 1 saturated heterocycles. The Labute approximate surface area is 65.4 Å². The molecule has 1 fully saturated rings. The van der Waals surface area contributed by atoms with Crippen molar-refractivity contribution in [3.8, 4) is 0 Å². The minimum atomic E-state index is -1.52. The van der Waals surface area contributed by atoms with E-state index in [1.807, 2.05) is 0 Å². The molecule has 3 N–H and O–H groups in total. The third-order valence-electron chi connectivity index (χ3n) is 2.05. The Balaban J connectivity index is 2.63. The van der Waals surface area contributed by atoms with Crippen molar-refractivity contribution < 1.29 is 20.1 Å². The predicted molar refractivity (Wildman–Crippen MR) is 37.8 cm³/mol. The maximum atomic E-state index is 9.35. The van der Waals surface area contributed by atoms with E-state index in [9.17, 15) is 15.3 Å². The summed E-state index contributed by atoms with van der Waals surface area (Å²) in [6.45, 7) is 3.05. The van der Waals surface area contributed by atoms with Crippen LogP contribution in [0.1, 0.15) is 20.3 Å². The van der Waals surface area contributed by atoms with E-state index < -0.39 is 24.1 Å². The van der Waals surface area contributed by atoms with Gasteiger partial charge in [0.25, 0.3) is 0 Å². The molecule has 4 atom stereocenters. The van der Waals surface area contributed by atoms with E-state index in [-0.39, 0.29) is 6.42 Å². The van der Waals surface area contributed by atoms with E-state index in [1.165, 1.54) is 6.92 Å². The summed E-state index contributed by atoms with van der Waals surface area (Å²) < 4.78 is 4.95. The van der Waals surface area contributed by atoms with Gasteiger partial charge < -0.3 is 20.1 Å². The number of hydrogen-bond acceptors (Lipinski definition) is 4. The summed E-state index contributed by atoms with van der Waals surface area (Å²) in [6.07, 6.45) is -1.96. The molecule has 0 aromatic heterocycles. The topological polar surface area (TPSA) is 69.9 Å². The lowest BCUT2D eigenvalue weighted by Crippen LogP contribution is -2.53. The highest BCUT2D eigenvalue weighted by Gasteiger charge is 2.41. The Kier molecular flexibility index (Phi) is 2.20. The highest BCUT2D eigenvalue weighted by molar-refractivity contribution is 4.84. The van der Waals surface area contributed by atoms with Crippen LogP contribution in [0.2, 0.25) is 0 Å². The van der Waals surface area contributed by atoms with E-state index >= 15 is 0 Å². The highest BCUT2D eigenvalue weighted by atomic mass is 16.6. The Hall–Kier alpha value is -0.160. The molecule has 0 aliphatic carbocycles. The molecule has 66 valence electrons. The Bertz CT molecular complexity index is 145. The van der Waals surface area contributed by atoms with Gasteiger partial charge in [0.15, 0.2) is 5.79 Å². The molecule has 0 amide bonds. The molecule has 4 nitrogen and oxygen atoms in total. The molecule has 4 heteroatoms. The van der Waals surface area contributed by atoms with Gasteiger partial charge in [-0.3, -0.25) is 0 Å². The molecule has 0 saturated carbocycles. The van der Waals surface area contributed by atoms with E-state index in [0.29, 0.717) is 0 Å². The van der Waals surface area contributed by atoms with E-state index in [0.717, 1.165) is 0 Å². The first-order chi connectivity index (χ1) is 4.93. The maximum Gasteiger partial charge on any atom is 0.189 e. The van der Waals surface area contributed by atoms with Gasteiger partial charge in [-0.25, -0.2) is 0 Å². The zero-order valence-electron chi connectivity index (χ0n) is 6.69. The Morgan fingerprint density at radius 2 is 2.00 bits per heavy atom. The lowest BCUT2D eigenvalue weighted by Gasteiger charge is -2.39. The third-order valence-corrected chi connectivity index (χ3v) is 2.05. The number of hydrogen-bond donors (Lipinski definition) is 3. The fourth-order valence-corrected chi connectivity index (χ4v) is 1.17. The van der Waals surface area contributed by atoms with Crippen LogP contribution in [0.4, 0.5) is 0 Å². The molecular weight excluding hydrogens is 148 g/mol. The molecule has 0 radical (unpaired) electrons. The van der Waals surface area contributed by atoms with Gasteiger partial charge in [-0.1, -0.05) is 0 Å². The minimum Gasteiger partial charge on any atom is -0.390 e. The van der Waals surface area contributed by atoms with Crippen molar-refractivity contribution in [1.82, 2.24) is 0 Å². The molecule has 0 spiro atoms. The van der Waals surface area contributed by atoms with Crippen molar-refractivity contribution in [2.45, 2.75) is 44.4 Å². The second kappa shape index (κ2) is 2.71. The molecular formula is C7H14O4. The summed E-state index contributed by atoms with van der Waals surface area (Å²) in [5.41, 5.74) is 0.